The molecule has 0 aromatic heterocycles. The van der Waals surface area contributed by atoms with E-state index in [9.17, 15) is 4.79 Å². The number of nitrogens with zero attached hydrogens (tertiary/aromatic N) is 1. The molecule has 1 unspecified atom stereocenters. The Bertz CT molecular complexity index is 164. The molecule has 0 aliphatic carbocycles. The molecule has 2 N–H and O–H groups in total. The second-order valence-electron chi connectivity index (χ2n) is 3.31. The minimum Gasteiger partial charge on any atom is -0.480 e. The summed E-state index contributed by atoms with van der Waals surface area (Å²) in [7, 11) is 3.64. The zero-order chi connectivity index (χ0) is 11.0. The van der Waals surface area contributed by atoms with E-state index in [0.717, 1.165) is 13.1 Å². The summed E-state index contributed by atoms with van der Waals surface area (Å²) >= 11 is 0. The summed E-state index contributed by atoms with van der Waals surface area (Å²) in [6.07, 6.45) is 0. The Morgan fingerprint density at radius 3 is 2.71 bits per heavy atom. The molecule has 0 bridgehead atoms. The van der Waals surface area contributed by atoms with Gasteiger partial charge in [0.25, 0.3) is 0 Å². The first-order chi connectivity index (χ1) is 6.57. The van der Waals surface area contributed by atoms with Gasteiger partial charge in [-0.2, -0.15) is 0 Å². The molecule has 1 atom stereocenters. The predicted molar refractivity (Wildman–Crippen MR) is 54.5 cm³/mol. The molecule has 14 heavy (non-hydrogen) atoms. The van der Waals surface area contributed by atoms with Crippen LogP contribution in [-0.4, -0.2) is 62.4 Å². The van der Waals surface area contributed by atoms with Crippen molar-refractivity contribution in [2.45, 2.75) is 13.0 Å². The van der Waals surface area contributed by atoms with Gasteiger partial charge in [-0.15, -0.1) is 0 Å². The lowest BCUT2D eigenvalue weighted by atomic mass is 10.3. The largest absolute Gasteiger partial charge is 0.480 e. The summed E-state index contributed by atoms with van der Waals surface area (Å²) in [6.45, 7) is 4.69. The number of aliphatic carboxylic acids is 1. The average molecular weight is 204 g/mol. The number of ether oxygens (including phenoxy) is 1. The van der Waals surface area contributed by atoms with Gasteiger partial charge in [0, 0.05) is 26.7 Å². The van der Waals surface area contributed by atoms with Gasteiger partial charge in [-0.05, 0) is 14.0 Å². The van der Waals surface area contributed by atoms with Crippen molar-refractivity contribution < 1.29 is 14.6 Å². The first kappa shape index (κ1) is 13.4. The number of methoxy groups -OCH3 is 1. The average Bonchev–Trinajstić information content (AvgIpc) is 2.14. The number of carbonyl (C=O) groups is 1. The van der Waals surface area contributed by atoms with E-state index in [4.69, 9.17) is 9.84 Å². The van der Waals surface area contributed by atoms with Gasteiger partial charge in [-0.3, -0.25) is 4.79 Å². The SMILES string of the molecule is COCCN(C)CCNC(C)C(=O)O. The molecule has 0 radical (unpaired) electrons. The Kier molecular flexibility index (Phi) is 7.37. The summed E-state index contributed by atoms with van der Waals surface area (Å²) in [5.41, 5.74) is 0. The molecule has 0 amide bonds. The van der Waals surface area contributed by atoms with Crippen molar-refractivity contribution in [3.8, 4) is 0 Å². The molecule has 0 saturated carbocycles. The number of likely N-dealkylation sites (N-methyl/N-ethyl adjacent to an activating group) is 1. The van der Waals surface area contributed by atoms with Gasteiger partial charge in [-0.25, -0.2) is 0 Å². The Balaban J connectivity index is 3.39. The van der Waals surface area contributed by atoms with Crippen LogP contribution in [-0.2, 0) is 9.53 Å². The van der Waals surface area contributed by atoms with Crippen molar-refractivity contribution in [1.82, 2.24) is 10.2 Å². The van der Waals surface area contributed by atoms with E-state index in [-0.39, 0.29) is 0 Å². The van der Waals surface area contributed by atoms with Crippen molar-refractivity contribution in [1.29, 1.82) is 0 Å². The zero-order valence-corrected chi connectivity index (χ0v) is 9.12. The van der Waals surface area contributed by atoms with Crippen LogP contribution in [0.5, 0.6) is 0 Å². The van der Waals surface area contributed by atoms with Crippen LogP contribution in [0, 0.1) is 0 Å². The van der Waals surface area contributed by atoms with Gasteiger partial charge in [0.1, 0.15) is 6.04 Å². The van der Waals surface area contributed by atoms with Gasteiger partial charge in [0.2, 0.25) is 0 Å². The lowest BCUT2D eigenvalue weighted by Crippen LogP contribution is -2.39. The van der Waals surface area contributed by atoms with Gasteiger partial charge in [-0.1, -0.05) is 0 Å². The zero-order valence-electron chi connectivity index (χ0n) is 9.12. The molecule has 0 fully saturated rings. The van der Waals surface area contributed by atoms with Gasteiger partial charge < -0.3 is 20.1 Å². The second-order valence-corrected chi connectivity index (χ2v) is 3.31. The van der Waals surface area contributed by atoms with Crippen molar-refractivity contribution >= 4 is 5.97 Å². The van der Waals surface area contributed by atoms with E-state index in [1.54, 1.807) is 14.0 Å². The third-order valence-corrected chi connectivity index (χ3v) is 1.99. The first-order valence-electron chi connectivity index (χ1n) is 4.71. The minimum atomic E-state index is -0.815. The molecular formula is C9H20N2O3. The highest BCUT2D eigenvalue weighted by Gasteiger charge is 2.08. The van der Waals surface area contributed by atoms with Crippen molar-refractivity contribution in [3.63, 3.8) is 0 Å². The first-order valence-corrected chi connectivity index (χ1v) is 4.71. The van der Waals surface area contributed by atoms with Crippen LogP contribution in [0.3, 0.4) is 0 Å². The van der Waals surface area contributed by atoms with Crippen LogP contribution < -0.4 is 5.32 Å². The molecule has 0 saturated heterocycles. The predicted octanol–water partition coefficient (Wildman–Crippen LogP) is -0.373. The molecule has 0 aliphatic heterocycles. The van der Waals surface area contributed by atoms with Gasteiger partial charge in [0.15, 0.2) is 0 Å². The molecule has 5 nitrogen and oxygen atoms in total. The molecule has 0 aliphatic rings. The summed E-state index contributed by atoms with van der Waals surface area (Å²) in [5.74, 6) is -0.815. The van der Waals surface area contributed by atoms with Crippen molar-refractivity contribution in [2.24, 2.45) is 0 Å². The standard InChI is InChI=1S/C9H20N2O3/c1-8(9(12)13)10-4-5-11(2)6-7-14-3/h8,10H,4-7H2,1-3H3,(H,12,13). The fraction of sp³-hybridized carbons (Fsp3) is 0.889. The quantitative estimate of drug-likeness (QED) is 0.565. The van der Waals surface area contributed by atoms with Crippen LogP contribution >= 0.6 is 0 Å². The molecule has 0 heterocycles. The number of carboxylic acids is 1. The van der Waals surface area contributed by atoms with E-state index in [1.807, 2.05) is 7.05 Å². The van der Waals surface area contributed by atoms with Crippen LogP contribution in [0.2, 0.25) is 0 Å². The molecule has 0 aromatic carbocycles. The maximum absolute atomic E-state index is 10.5. The van der Waals surface area contributed by atoms with Crippen LogP contribution in [0.1, 0.15) is 6.92 Å². The van der Waals surface area contributed by atoms with Crippen molar-refractivity contribution in [2.75, 3.05) is 40.4 Å². The van der Waals surface area contributed by atoms with E-state index in [1.165, 1.54) is 0 Å². The van der Waals surface area contributed by atoms with Crippen LogP contribution in [0.15, 0.2) is 0 Å². The maximum atomic E-state index is 10.5. The lowest BCUT2D eigenvalue weighted by molar-refractivity contribution is -0.139. The summed E-state index contributed by atoms with van der Waals surface area (Å²) < 4.78 is 4.92. The molecule has 0 spiro atoms. The number of hydrogen-bond donors (Lipinski definition) is 2. The molecule has 0 rings (SSSR count). The highest BCUT2D eigenvalue weighted by Crippen LogP contribution is 1.84. The van der Waals surface area contributed by atoms with E-state index >= 15 is 0 Å². The molecule has 5 heteroatoms. The Morgan fingerprint density at radius 2 is 2.21 bits per heavy atom. The summed E-state index contributed by atoms with van der Waals surface area (Å²) in [4.78, 5) is 12.5. The van der Waals surface area contributed by atoms with E-state index in [0.29, 0.717) is 13.2 Å². The summed E-state index contributed by atoms with van der Waals surface area (Å²) in [6, 6.07) is -0.481. The second kappa shape index (κ2) is 7.73. The lowest BCUT2D eigenvalue weighted by Gasteiger charge is -2.17. The number of hydrogen-bond acceptors (Lipinski definition) is 4. The van der Waals surface area contributed by atoms with Crippen LogP contribution in [0.25, 0.3) is 0 Å². The topological polar surface area (TPSA) is 61.8 Å². The number of rotatable bonds is 8. The van der Waals surface area contributed by atoms with Gasteiger partial charge >= 0.3 is 5.97 Å². The molecule has 84 valence electrons. The molecular weight excluding hydrogens is 184 g/mol. The van der Waals surface area contributed by atoms with E-state index in [2.05, 4.69) is 10.2 Å². The van der Waals surface area contributed by atoms with Crippen molar-refractivity contribution in [3.05, 3.63) is 0 Å². The van der Waals surface area contributed by atoms with Gasteiger partial charge in [0.05, 0.1) is 6.61 Å². The maximum Gasteiger partial charge on any atom is 0.320 e. The monoisotopic (exact) mass is 204 g/mol. The highest BCUT2D eigenvalue weighted by molar-refractivity contribution is 5.72. The fourth-order valence-electron chi connectivity index (χ4n) is 0.918. The highest BCUT2D eigenvalue weighted by atomic mass is 16.5. The Hall–Kier alpha value is -0.650. The fourth-order valence-corrected chi connectivity index (χ4v) is 0.918. The van der Waals surface area contributed by atoms with E-state index < -0.39 is 12.0 Å². The number of carboxylic acid groups (broad SMARTS) is 1. The van der Waals surface area contributed by atoms with Crippen LogP contribution in [0.4, 0.5) is 0 Å². The Labute approximate surface area is 85.0 Å². The third-order valence-electron chi connectivity index (χ3n) is 1.99. The third kappa shape index (κ3) is 6.82. The normalized spacial score (nSPS) is 13.1. The Morgan fingerprint density at radius 1 is 1.57 bits per heavy atom. The number of nitrogens with one attached hydrogen (secondary N) is 1. The molecule has 0 aromatic rings. The minimum absolute atomic E-state index is 0.481. The summed E-state index contributed by atoms with van der Waals surface area (Å²) in [5, 5.41) is 11.5. The smallest absolute Gasteiger partial charge is 0.320 e.